The molecule has 0 fully saturated rings. The third-order valence-corrected chi connectivity index (χ3v) is 2.00. The van der Waals surface area contributed by atoms with Gasteiger partial charge in [-0.2, -0.15) is 0 Å². The molecular formula is C8H18FN. The fourth-order valence-electron chi connectivity index (χ4n) is 1.08. The fraction of sp³-hybridized carbons (Fsp3) is 1.00. The second kappa shape index (κ2) is 5.66. The maximum Gasteiger partial charge on any atom is 0.113 e. The summed E-state index contributed by atoms with van der Waals surface area (Å²) in [6.07, 6.45) is 1.99. The molecule has 0 spiro atoms. The first kappa shape index (κ1) is 9.89. The second-order valence-electron chi connectivity index (χ2n) is 2.75. The molecule has 1 unspecified atom stereocenters. The van der Waals surface area contributed by atoms with Crippen molar-refractivity contribution in [2.24, 2.45) is 11.7 Å². The van der Waals surface area contributed by atoms with Crippen molar-refractivity contribution in [3.8, 4) is 0 Å². The summed E-state index contributed by atoms with van der Waals surface area (Å²) in [5.74, 6) is 0.526. The van der Waals surface area contributed by atoms with Crippen LogP contribution in [-0.2, 0) is 0 Å². The Hall–Kier alpha value is -0.110. The number of halogens is 1. The van der Waals surface area contributed by atoms with Gasteiger partial charge in [0, 0.05) is 6.54 Å². The van der Waals surface area contributed by atoms with E-state index in [-0.39, 0.29) is 6.54 Å². The van der Waals surface area contributed by atoms with E-state index < -0.39 is 6.17 Å². The van der Waals surface area contributed by atoms with E-state index >= 15 is 0 Å². The Morgan fingerprint density at radius 3 is 2.10 bits per heavy atom. The smallest absolute Gasteiger partial charge is 0.113 e. The van der Waals surface area contributed by atoms with Gasteiger partial charge in [-0.05, 0) is 12.3 Å². The van der Waals surface area contributed by atoms with Gasteiger partial charge in [-0.1, -0.05) is 26.7 Å². The van der Waals surface area contributed by atoms with Gasteiger partial charge in [-0.3, -0.25) is 0 Å². The molecule has 10 heavy (non-hydrogen) atoms. The summed E-state index contributed by atoms with van der Waals surface area (Å²) < 4.78 is 12.6. The van der Waals surface area contributed by atoms with Crippen LogP contribution in [0.2, 0.25) is 0 Å². The van der Waals surface area contributed by atoms with Gasteiger partial charge in [0.1, 0.15) is 6.17 Å². The Labute approximate surface area is 62.8 Å². The van der Waals surface area contributed by atoms with Crippen molar-refractivity contribution >= 4 is 0 Å². The highest BCUT2D eigenvalue weighted by atomic mass is 19.1. The summed E-state index contributed by atoms with van der Waals surface area (Å²) in [7, 11) is 0. The summed E-state index contributed by atoms with van der Waals surface area (Å²) >= 11 is 0. The van der Waals surface area contributed by atoms with E-state index in [2.05, 4.69) is 13.8 Å². The average Bonchev–Trinajstić information content (AvgIpc) is 1.99. The lowest BCUT2D eigenvalue weighted by Crippen LogP contribution is -2.18. The summed E-state index contributed by atoms with van der Waals surface area (Å²) in [4.78, 5) is 0. The highest BCUT2D eigenvalue weighted by Gasteiger charge is 2.10. The van der Waals surface area contributed by atoms with Gasteiger partial charge in [0.05, 0.1) is 0 Å². The van der Waals surface area contributed by atoms with Crippen molar-refractivity contribution in [1.29, 1.82) is 0 Å². The lowest BCUT2D eigenvalue weighted by molar-refractivity contribution is 0.266. The molecule has 0 aromatic rings. The minimum Gasteiger partial charge on any atom is -0.328 e. The van der Waals surface area contributed by atoms with Gasteiger partial charge in [0.2, 0.25) is 0 Å². The highest BCUT2D eigenvalue weighted by molar-refractivity contribution is 4.63. The molecular weight excluding hydrogens is 129 g/mol. The zero-order chi connectivity index (χ0) is 7.98. The van der Waals surface area contributed by atoms with E-state index in [0.717, 1.165) is 12.8 Å². The Morgan fingerprint density at radius 1 is 1.30 bits per heavy atom. The van der Waals surface area contributed by atoms with E-state index in [1.807, 2.05) is 0 Å². The minimum atomic E-state index is -0.787. The molecule has 0 bridgehead atoms. The van der Waals surface area contributed by atoms with Crippen LogP contribution in [0.4, 0.5) is 4.39 Å². The van der Waals surface area contributed by atoms with E-state index in [0.29, 0.717) is 12.3 Å². The number of nitrogens with two attached hydrogens (primary N) is 1. The molecule has 1 nitrogen and oxygen atoms in total. The molecule has 0 aromatic carbocycles. The fourth-order valence-corrected chi connectivity index (χ4v) is 1.08. The maximum absolute atomic E-state index is 12.6. The Morgan fingerprint density at radius 2 is 1.80 bits per heavy atom. The lowest BCUT2D eigenvalue weighted by Gasteiger charge is -2.13. The molecule has 0 aliphatic rings. The van der Waals surface area contributed by atoms with Crippen LogP contribution in [0.25, 0.3) is 0 Å². The quantitative estimate of drug-likeness (QED) is 0.633. The van der Waals surface area contributed by atoms with Gasteiger partial charge in [-0.15, -0.1) is 0 Å². The van der Waals surface area contributed by atoms with Crippen LogP contribution in [0.5, 0.6) is 0 Å². The first-order valence-corrected chi connectivity index (χ1v) is 4.08. The average molecular weight is 147 g/mol. The van der Waals surface area contributed by atoms with E-state index in [1.54, 1.807) is 0 Å². The van der Waals surface area contributed by atoms with Crippen LogP contribution in [0, 0.1) is 5.92 Å². The number of alkyl halides is 1. The molecule has 0 amide bonds. The van der Waals surface area contributed by atoms with E-state index in [1.165, 1.54) is 0 Å². The standard InChI is InChI=1S/C8H18FN/c1-3-7(4-2)5-8(9)6-10/h7-8H,3-6,10H2,1-2H3. The molecule has 0 aromatic heterocycles. The van der Waals surface area contributed by atoms with Gasteiger partial charge >= 0.3 is 0 Å². The largest absolute Gasteiger partial charge is 0.328 e. The molecule has 0 aliphatic heterocycles. The summed E-state index contributed by atoms with van der Waals surface area (Å²) in [6.45, 7) is 4.37. The molecule has 0 saturated carbocycles. The van der Waals surface area contributed by atoms with Gasteiger partial charge in [-0.25, -0.2) is 4.39 Å². The number of hydrogen-bond donors (Lipinski definition) is 1. The third kappa shape index (κ3) is 3.83. The van der Waals surface area contributed by atoms with Crippen molar-refractivity contribution in [3.05, 3.63) is 0 Å². The monoisotopic (exact) mass is 147 g/mol. The second-order valence-corrected chi connectivity index (χ2v) is 2.75. The first-order chi connectivity index (χ1) is 4.74. The summed E-state index contributed by atoms with van der Waals surface area (Å²) in [6, 6.07) is 0. The van der Waals surface area contributed by atoms with Crippen molar-refractivity contribution in [1.82, 2.24) is 0 Å². The predicted octanol–water partition coefficient (Wildman–Crippen LogP) is 2.11. The molecule has 0 rings (SSSR count). The van der Waals surface area contributed by atoms with E-state index in [9.17, 15) is 4.39 Å². The predicted molar refractivity (Wildman–Crippen MR) is 42.6 cm³/mol. The number of hydrogen-bond acceptors (Lipinski definition) is 1. The Kier molecular flexibility index (Phi) is 5.60. The molecule has 0 radical (unpaired) electrons. The van der Waals surface area contributed by atoms with Crippen molar-refractivity contribution in [2.45, 2.75) is 39.3 Å². The molecule has 2 heteroatoms. The van der Waals surface area contributed by atoms with Gasteiger partial charge in [0.15, 0.2) is 0 Å². The maximum atomic E-state index is 12.6. The molecule has 62 valence electrons. The number of rotatable bonds is 5. The molecule has 0 heterocycles. The SMILES string of the molecule is CCC(CC)CC(F)CN. The molecule has 0 aliphatic carbocycles. The van der Waals surface area contributed by atoms with Gasteiger partial charge < -0.3 is 5.73 Å². The summed E-state index contributed by atoms with van der Waals surface area (Å²) in [5, 5.41) is 0. The summed E-state index contributed by atoms with van der Waals surface area (Å²) in [5.41, 5.74) is 5.15. The van der Waals surface area contributed by atoms with Crippen molar-refractivity contribution < 1.29 is 4.39 Å². The van der Waals surface area contributed by atoms with Gasteiger partial charge in [0.25, 0.3) is 0 Å². The third-order valence-electron chi connectivity index (χ3n) is 2.00. The normalized spacial score (nSPS) is 14.1. The lowest BCUT2D eigenvalue weighted by atomic mass is 9.97. The zero-order valence-electron chi connectivity index (χ0n) is 6.94. The van der Waals surface area contributed by atoms with E-state index in [4.69, 9.17) is 5.73 Å². The van der Waals surface area contributed by atoms with Crippen LogP contribution in [0.15, 0.2) is 0 Å². The van der Waals surface area contributed by atoms with Crippen LogP contribution < -0.4 is 5.73 Å². The molecule has 0 saturated heterocycles. The molecule has 2 N–H and O–H groups in total. The van der Waals surface area contributed by atoms with Crippen LogP contribution in [0.1, 0.15) is 33.1 Å². The van der Waals surface area contributed by atoms with Crippen molar-refractivity contribution in [3.63, 3.8) is 0 Å². The molecule has 1 atom stereocenters. The van der Waals surface area contributed by atoms with Crippen LogP contribution in [-0.4, -0.2) is 12.7 Å². The zero-order valence-corrected chi connectivity index (χ0v) is 6.94. The Bertz CT molecular complexity index is 71.7. The Balaban J connectivity index is 3.41. The minimum absolute atomic E-state index is 0.177. The highest BCUT2D eigenvalue weighted by Crippen LogP contribution is 2.15. The van der Waals surface area contributed by atoms with Crippen molar-refractivity contribution in [2.75, 3.05) is 6.54 Å². The van der Waals surface area contributed by atoms with Crippen LogP contribution >= 0.6 is 0 Å². The van der Waals surface area contributed by atoms with Crippen LogP contribution in [0.3, 0.4) is 0 Å². The first-order valence-electron chi connectivity index (χ1n) is 4.08. The topological polar surface area (TPSA) is 26.0 Å².